The van der Waals surface area contributed by atoms with E-state index in [0.717, 1.165) is 15.5 Å². The minimum absolute atomic E-state index is 0. The molecule has 1 aromatic heterocycles. The van der Waals surface area contributed by atoms with Crippen molar-refractivity contribution >= 4 is 71.1 Å². The number of nitrogens with one attached hydrogen (secondary N) is 4. The summed E-state index contributed by atoms with van der Waals surface area (Å²) in [6, 6.07) is -6.09. The Kier molecular flexibility index (Phi) is 35.4. The molecule has 2 rings (SSSR count). The highest BCUT2D eigenvalue weighted by Gasteiger charge is 2.45. The quantitative estimate of drug-likeness (QED) is 0.108. The number of ether oxygens (including phenoxy) is 1. The highest BCUT2D eigenvalue weighted by molar-refractivity contribution is 5.99. The number of amides is 10. The van der Waals surface area contributed by atoms with Crippen LogP contribution in [0.4, 0.5) is 0 Å². The zero-order chi connectivity index (χ0) is 71.4. The molecule has 0 aromatic carbocycles. The van der Waals surface area contributed by atoms with E-state index in [1.807, 2.05) is 94.4 Å². The molecule has 1 aliphatic rings. The second-order valence-electron chi connectivity index (χ2n) is 28.6. The lowest BCUT2D eigenvalue weighted by Gasteiger charge is -2.40. The van der Waals surface area contributed by atoms with Gasteiger partial charge in [0.05, 0.1) is 18.3 Å². The number of rotatable bonds is 18. The third kappa shape index (κ3) is 25.0. The zero-order valence-corrected chi connectivity index (χ0v) is 60.5. The number of pyridine rings is 1. The number of hydrogen-bond acceptors (Lipinski definition) is 14. The van der Waals surface area contributed by atoms with Crippen molar-refractivity contribution in [3.05, 3.63) is 35.7 Å². The van der Waals surface area contributed by atoms with Gasteiger partial charge in [-0.2, -0.15) is 0 Å². The van der Waals surface area contributed by atoms with Crippen molar-refractivity contribution in [2.75, 3.05) is 48.8 Å². The Hall–Kier alpha value is -6.98. The number of cyclic esters (lactones) is 1. The summed E-state index contributed by atoms with van der Waals surface area (Å²) in [4.78, 5) is 173. The van der Waals surface area contributed by atoms with Gasteiger partial charge in [-0.15, -0.1) is 0 Å². The molecule has 0 bridgehead atoms. The molecule has 94 heavy (non-hydrogen) atoms. The summed E-state index contributed by atoms with van der Waals surface area (Å²) in [6.07, 6.45) is 1.35. The average Bonchev–Trinajstić information content (AvgIpc) is 0.815. The molecule has 1 aromatic rings. The van der Waals surface area contributed by atoms with E-state index in [-0.39, 0.29) is 82.0 Å². The molecule has 0 aliphatic carbocycles. The lowest BCUT2D eigenvalue weighted by atomic mass is 9.91. The van der Waals surface area contributed by atoms with Crippen molar-refractivity contribution in [3.63, 3.8) is 0 Å². The predicted octanol–water partition coefficient (Wildman–Crippen LogP) is 5.86. The number of likely N-dealkylation sites (N-methyl/N-ethyl adjacent to an activating group) is 6. The Labute approximate surface area is 562 Å². The number of nitrogens with zero attached hydrogens (tertiary/aromatic N) is 7. The normalized spacial score (nSPS) is 25.3. The third-order valence-electron chi connectivity index (χ3n) is 17.0. The second-order valence-corrected chi connectivity index (χ2v) is 28.6. The first-order chi connectivity index (χ1) is 43.1. The molecule has 1 saturated heterocycles. The molecule has 0 unspecified atom stereocenters. The summed E-state index contributed by atoms with van der Waals surface area (Å²) in [6.45, 7) is 31.3. The third-order valence-corrected chi connectivity index (χ3v) is 17.0. The SMILES string of the molecule is C.CC[C@H]1NC(=O)[C@@H]([C@H](O)[C@H](C)C/C=C/c2cccc(C)n2)N(C)C(=O)[C@@H](C(C)C)N(C)C(=O)[C@@H](CC(C)C)NC(=O)[C@@H](CC(C)C)N(C)C(=O)[C@H](C(C)C)OC(=O)[C@@H](C)NC(=O)[C@@H](CC(C)C)N(C)C(=O)[C@@H](CC(C)C)NC(=O)[C@H](CC(C)C)N(C)C(=O)CN(C)C1=O. The summed E-state index contributed by atoms with van der Waals surface area (Å²) < 4.78 is 5.92. The van der Waals surface area contributed by atoms with E-state index < -0.39 is 156 Å². The Morgan fingerprint density at radius 1 is 0.532 bits per heavy atom. The Bertz CT molecular complexity index is 2730. The fourth-order valence-corrected chi connectivity index (χ4v) is 11.5. The van der Waals surface area contributed by atoms with Gasteiger partial charge in [0.2, 0.25) is 53.2 Å². The van der Waals surface area contributed by atoms with Crippen molar-refractivity contribution in [1.82, 2.24) is 55.7 Å². The number of carbonyl (C=O) groups is 11. The summed E-state index contributed by atoms with van der Waals surface area (Å²) in [5, 5.41) is 23.6. The minimum Gasteiger partial charge on any atom is -0.450 e. The molecular formula is C70H121N11O13. The fraction of sp³-hybridized carbons (Fsp3) is 0.743. The molecule has 2 heterocycles. The Morgan fingerprint density at radius 2 is 0.957 bits per heavy atom. The summed E-state index contributed by atoms with van der Waals surface area (Å²) in [5.74, 6) is -10.9. The Balaban J connectivity index is 0.0000442. The van der Waals surface area contributed by atoms with Gasteiger partial charge in [-0.1, -0.05) is 130 Å². The van der Waals surface area contributed by atoms with Crippen molar-refractivity contribution in [1.29, 1.82) is 0 Å². The van der Waals surface area contributed by atoms with E-state index in [4.69, 9.17) is 4.74 Å². The van der Waals surface area contributed by atoms with Crippen LogP contribution in [0.2, 0.25) is 0 Å². The van der Waals surface area contributed by atoms with Gasteiger partial charge in [-0.25, -0.2) is 4.79 Å². The zero-order valence-electron chi connectivity index (χ0n) is 60.5. The molecule has 534 valence electrons. The van der Waals surface area contributed by atoms with Crippen LogP contribution in [0.5, 0.6) is 0 Å². The van der Waals surface area contributed by atoms with E-state index in [1.165, 1.54) is 68.8 Å². The van der Waals surface area contributed by atoms with Crippen LogP contribution in [0.25, 0.3) is 6.08 Å². The predicted molar refractivity (Wildman–Crippen MR) is 365 cm³/mol. The van der Waals surface area contributed by atoms with Crippen LogP contribution in [-0.4, -0.2) is 220 Å². The number of carbonyl (C=O) groups excluding carboxylic acids is 11. The summed E-state index contributed by atoms with van der Waals surface area (Å²) >= 11 is 0. The lowest BCUT2D eigenvalue weighted by Crippen LogP contribution is -2.63. The van der Waals surface area contributed by atoms with Crippen molar-refractivity contribution in [2.45, 2.75) is 244 Å². The molecule has 1 fully saturated rings. The molecule has 12 atom stereocenters. The molecule has 10 amide bonds. The number of hydrogen-bond donors (Lipinski definition) is 5. The molecule has 24 heteroatoms. The van der Waals surface area contributed by atoms with Crippen LogP contribution in [0, 0.1) is 54.3 Å². The van der Waals surface area contributed by atoms with Gasteiger partial charge in [0.25, 0.3) is 5.91 Å². The molecule has 0 spiro atoms. The van der Waals surface area contributed by atoms with Gasteiger partial charge >= 0.3 is 5.97 Å². The summed E-state index contributed by atoms with van der Waals surface area (Å²) in [7, 11) is 8.38. The number of esters is 1. The number of aromatic nitrogens is 1. The van der Waals surface area contributed by atoms with Crippen LogP contribution in [0.15, 0.2) is 24.3 Å². The molecule has 24 nitrogen and oxygen atoms in total. The highest BCUT2D eigenvalue weighted by Crippen LogP contribution is 2.25. The van der Waals surface area contributed by atoms with E-state index in [9.17, 15) is 43.5 Å². The highest BCUT2D eigenvalue weighted by atomic mass is 16.6. The first-order valence-corrected chi connectivity index (χ1v) is 33.4. The molecule has 0 radical (unpaired) electrons. The van der Waals surface area contributed by atoms with Crippen molar-refractivity contribution < 1.29 is 62.6 Å². The van der Waals surface area contributed by atoms with Crippen LogP contribution < -0.4 is 21.3 Å². The van der Waals surface area contributed by atoms with Crippen LogP contribution >= 0.6 is 0 Å². The van der Waals surface area contributed by atoms with E-state index in [0.29, 0.717) is 5.69 Å². The number of aliphatic hydroxyl groups excluding tert-OH is 1. The molecule has 1 aliphatic heterocycles. The topological polar surface area (TPSA) is 298 Å². The van der Waals surface area contributed by atoms with Crippen LogP contribution in [0.3, 0.4) is 0 Å². The maximum Gasteiger partial charge on any atom is 0.329 e. The first-order valence-electron chi connectivity index (χ1n) is 33.4. The van der Waals surface area contributed by atoms with Gasteiger partial charge in [0.15, 0.2) is 6.10 Å². The molecular weight excluding hydrogens is 1200 g/mol. The number of allylic oxidation sites excluding steroid dienone is 1. The van der Waals surface area contributed by atoms with Crippen LogP contribution in [-0.2, 0) is 57.5 Å². The molecule has 0 saturated carbocycles. The smallest absolute Gasteiger partial charge is 0.329 e. The van der Waals surface area contributed by atoms with Crippen molar-refractivity contribution in [3.8, 4) is 0 Å². The van der Waals surface area contributed by atoms with Crippen LogP contribution in [0.1, 0.15) is 181 Å². The average molecular weight is 1320 g/mol. The van der Waals surface area contributed by atoms with E-state index in [2.05, 4.69) is 26.3 Å². The van der Waals surface area contributed by atoms with Gasteiger partial charge in [-0.05, 0) is 124 Å². The number of aryl methyl sites for hydroxylation is 1. The van der Waals surface area contributed by atoms with Gasteiger partial charge in [0, 0.05) is 48.0 Å². The van der Waals surface area contributed by atoms with E-state index in [1.54, 1.807) is 53.7 Å². The first kappa shape index (κ1) is 85.0. The number of aliphatic hydroxyl groups is 1. The van der Waals surface area contributed by atoms with Gasteiger partial charge < -0.3 is 60.5 Å². The standard InChI is InChI=1S/C69H117N11O13.CH4/c1-25-49-64(87)75(19)37-55(81)76(20)52(34-40(6)7)61(84)73-50(32-38(2)3)65(88)77(21)53(35-41(8)9)60(83)71-47(18)69(92)93-59(44(14)15)68(91)78(22)54(36-42(10)11)62(85)74-51(33-39(4)5)66(89)79(23)56(43(12)13)67(90)80(24)57(63(86)72-49)58(82)45(16)28-26-30-48-31-27-29-46(17)70-48;/h26-27,29-31,38-45,47,49-54,56-59,82H,25,28,32-37H2,1-24H3,(H,71,83)(H,72,86)(H,73,84)(H,74,85);1H4/b30-26+;/t45-,47-,49-,50-,51-,52+,53-,54-,56-,57-,58-,59+;/m1./s1. The maximum atomic E-state index is 15.3. The summed E-state index contributed by atoms with van der Waals surface area (Å²) in [5.41, 5.74) is 1.45. The van der Waals surface area contributed by atoms with Gasteiger partial charge in [0.1, 0.15) is 54.4 Å². The maximum absolute atomic E-state index is 15.3. The van der Waals surface area contributed by atoms with E-state index >= 15 is 14.4 Å². The second kappa shape index (κ2) is 39.2. The monoisotopic (exact) mass is 1320 g/mol. The molecule has 5 N–H and O–H groups in total. The fourth-order valence-electron chi connectivity index (χ4n) is 11.5. The lowest BCUT2D eigenvalue weighted by molar-refractivity contribution is -0.166. The van der Waals surface area contributed by atoms with Crippen molar-refractivity contribution in [2.24, 2.45) is 47.3 Å². The minimum atomic E-state index is -1.67. The largest absolute Gasteiger partial charge is 0.450 e. The Morgan fingerprint density at radius 3 is 1.39 bits per heavy atom. The van der Waals surface area contributed by atoms with Gasteiger partial charge in [-0.3, -0.25) is 52.9 Å².